The van der Waals surface area contributed by atoms with Crippen molar-refractivity contribution < 1.29 is 4.79 Å². The van der Waals surface area contributed by atoms with Crippen molar-refractivity contribution in [2.75, 3.05) is 32.4 Å². The molecule has 3 fully saturated rings. The molecule has 4 heteroatoms. The molecule has 4 rings (SSSR count). The topological polar surface area (TPSA) is 23.6 Å². The number of nitrogens with zero attached hydrogens (tertiary/aromatic N) is 2. The van der Waals surface area contributed by atoms with Crippen LogP contribution < -0.4 is 0 Å². The molecule has 3 aliphatic rings. The molecule has 3 atom stereocenters. The molecule has 0 saturated carbocycles. The number of piperidine rings is 1. The zero-order chi connectivity index (χ0) is 15.8. The normalized spacial score (nSPS) is 30.3. The molecular weight excluding hydrogens is 304 g/mol. The zero-order valence-electron chi connectivity index (χ0n) is 13.9. The molecule has 0 aromatic heterocycles. The molecule has 124 valence electrons. The van der Waals surface area contributed by atoms with Gasteiger partial charge in [-0.25, -0.2) is 0 Å². The minimum Gasteiger partial charge on any atom is -0.338 e. The van der Waals surface area contributed by atoms with Gasteiger partial charge in [0.15, 0.2) is 0 Å². The minimum atomic E-state index is 0.234. The van der Waals surface area contributed by atoms with Crippen molar-refractivity contribution in [3.05, 3.63) is 35.4 Å². The van der Waals surface area contributed by atoms with Crippen LogP contribution in [0.25, 0.3) is 0 Å². The van der Waals surface area contributed by atoms with Crippen LogP contribution in [0, 0.1) is 11.8 Å². The van der Waals surface area contributed by atoms with Crippen molar-refractivity contribution in [2.45, 2.75) is 31.1 Å². The summed E-state index contributed by atoms with van der Waals surface area (Å²) in [6.45, 7) is 4.43. The predicted molar refractivity (Wildman–Crippen MR) is 95.8 cm³/mol. The van der Waals surface area contributed by atoms with Crippen LogP contribution in [0.3, 0.4) is 0 Å². The van der Waals surface area contributed by atoms with Crippen molar-refractivity contribution in [3.8, 4) is 0 Å². The number of thioether (sulfide) groups is 1. The molecule has 0 spiro atoms. The summed E-state index contributed by atoms with van der Waals surface area (Å²) in [5.74, 6) is 2.67. The summed E-state index contributed by atoms with van der Waals surface area (Å²) in [6.07, 6.45) is 6.18. The van der Waals surface area contributed by atoms with E-state index in [0.29, 0.717) is 5.92 Å². The molecule has 3 nitrogen and oxygen atoms in total. The highest BCUT2D eigenvalue weighted by atomic mass is 32.2. The summed E-state index contributed by atoms with van der Waals surface area (Å²) in [5, 5.41) is 0. The third-order valence-corrected chi connectivity index (χ3v) is 6.54. The Hall–Kier alpha value is -1.00. The van der Waals surface area contributed by atoms with E-state index in [4.69, 9.17) is 0 Å². The maximum atomic E-state index is 12.8. The lowest BCUT2D eigenvalue weighted by Gasteiger charge is -2.33. The Morgan fingerprint density at radius 2 is 2.00 bits per heavy atom. The van der Waals surface area contributed by atoms with E-state index in [9.17, 15) is 4.79 Å². The van der Waals surface area contributed by atoms with Crippen molar-refractivity contribution in [1.29, 1.82) is 0 Å². The number of likely N-dealkylation sites (tertiary alicyclic amines) is 1. The summed E-state index contributed by atoms with van der Waals surface area (Å²) in [6, 6.07) is 8.96. The first-order chi connectivity index (χ1) is 11.3. The molecule has 0 aliphatic carbocycles. The lowest BCUT2D eigenvalue weighted by molar-refractivity contribution is 0.0754. The second-order valence-corrected chi connectivity index (χ2v) is 8.19. The molecular formula is C19H26N2OS. The van der Waals surface area contributed by atoms with Gasteiger partial charge in [-0.2, -0.15) is 11.8 Å². The van der Waals surface area contributed by atoms with Crippen LogP contribution in [-0.2, 0) is 5.75 Å². The fourth-order valence-electron chi connectivity index (χ4n) is 4.81. The van der Waals surface area contributed by atoms with Crippen LogP contribution in [0.1, 0.15) is 35.2 Å². The maximum absolute atomic E-state index is 12.8. The maximum Gasteiger partial charge on any atom is 0.253 e. The number of hydrogen-bond donors (Lipinski definition) is 0. The van der Waals surface area contributed by atoms with Gasteiger partial charge in [-0.3, -0.25) is 9.69 Å². The number of hydrogen-bond acceptors (Lipinski definition) is 3. The number of amides is 1. The fourth-order valence-corrected chi connectivity index (χ4v) is 5.34. The van der Waals surface area contributed by atoms with Crippen molar-refractivity contribution in [2.24, 2.45) is 11.8 Å². The number of benzene rings is 1. The van der Waals surface area contributed by atoms with E-state index in [1.807, 2.05) is 23.9 Å². The van der Waals surface area contributed by atoms with Crippen LogP contribution >= 0.6 is 11.8 Å². The number of rotatable bonds is 3. The van der Waals surface area contributed by atoms with E-state index >= 15 is 0 Å². The van der Waals surface area contributed by atoms with E-state index in [1.54, 1.807) is 0 Å². The Balaban J connectivity index is 1.43. The van der Waals surface area contributed by atoms with E-state index in [-0.39, 0.29) is 5.91 Å². The van der Waals surface area contributed by atoms with E-state index in [0.717, 1.165) is 36.4 Å². The number of carbonyl (C=O) groups is 1. The first kappa shape index (κ1) is 15.5. The van der Waals surface area contributed by atoms with Gasteiger partial charge in [0.1, 0.15) is 0 Å². The zero-order valence-corrected chi connectivity index (χ0v) is 14.7. The Labute approximate surface area is 143 Å². The van der Waals surface area contributed by atoms with E-state index in [1.165, 1.54) is 37.9 Å². The van der Waals surface area contributed by atoms with Gasteiger partial charge in [-0.1, -0.05) is 18.6 Å². The van der Waals surface area contributed by atoms with Crippen molar-refractivity contribution >= 4 is 17.7 Å². The van der Waals surface area contributed by atoms with Crippen molar-refractivity contribution in [3.63, 3.8) is 0 Å². The molecule has 1 aromatic carbocycles. The molecule has 3 aliphatic heterocycles. The largest absolute Gasteiger partial charge is 0.338 e. The smallest absolute Gasteiger partial charge is 0.253 e. The predicted octanol–water partition coefficient (Wildman–Crippen LogP) is 3.11. The molecule has 3 saturated heterocycles. The number of carbonyl (C=O) groups excluding carboxylic acids is 1. The van der Waals surface area contributed by atoms with Gasteiger partial charge < -0.3 is 4.90 Å². The van der Waals surface area contributed by atoms with Crippen LogP contribution in [0.2, 0.25) is 0 Å². The van der Waals surface area contributed by atoms with Crippen LogP contribution in [0.15, 0.2) is 24.3 Å². The highest BCUT2D eigenvalue weighted by Gasteiger charge is 2.48. The second-order valence-electron chi connectivity index (χ2n) is 7.32. The van der Waals surface area contributed by atoms with Crippen LogP contribution in [0.4, 0.5) is 0 Å². The van der Waals surface area contributed by atoms with Gasteiger partial charge in [-0.15, -0.1) is 0 Å². The summed E-state index contributed by atoms with van der Waals surface area (Å²) < 4.78 is 0. The van der Waals surface area contributed by atoms with E-state index in [2.05, 4.69) is 28.2 Å². The van der Waals surface area contributed by atoms with Crippen molar-refractivity contribution in [1.82, 2.24) is 9.80 Å². The summed E-state index contributed by atoms with van der Waals surface area (Å²) in [4.78, 5) is 17.6. The van der Waals surface area contributed by atoms with Gasteiger partial charge in [0.25, 0.3) is 5.91 Å². The van der Waals surface area contributed by atoms with Gasteiger partial charge in [0.05, 0.1) is 0 Å². The molecule has 1 amide bonds. The highest BCUT2D eigenvalue weighted by molar-refractivity contribution is 7.97. The fraction of sp³-hybridized carbons (Fsp3) is 0.632. The Kier molecular flexibility index (Phi) is 4.37. The van der Waals surface area contributed by atoms with Crippen LogP contribution in [0.5, 0.6) is 0 Å². The van der Waals surface area contributed by atoms with E-state index < -0.39 is 0 Å². The molecule has 23 heavy (non-hydrogen) atoms. The number of fused-ring (bicyclic) bond motifs is 3. The molecule has 0 radical (unpaired) electrons. The first-order valence-electron chi connectivity index (χ1n) is 8.87. The Bertz CT molecular complexity index is 573. The molecule has 1 aromatic rings. The standard InChI is InChI=1S/C19H26N2OS/c1-23-13-14-5-7-15(8-6-14)19(22)21-11-16-10-20-9-3-2-4-18(20)17(16)12-21/h5-8,16-18H,2-4,9-13H2,1H3. The van der Waals surface area contributed by atoms with Gasteiger partial charge in [-0.05, 0) is 55.2 Å². The monoisotopic (exact) mass is 330 g/mol. The SMILES string of the molecule is CSCc1ccc(C(=O)N2CC3CN4CCCCC4C3C2)cc1. The lowest BCUT2D eigenvalue weighted by atomic mass is 9.90. The quantitative estimate of drug-likeness (QED) is 0.851. The van der Waals surface area contributed by atoms with Gasteiger partial charge >= 0.3 is 0 Å². The molecule has 3 unspecified atom stereocenters. The van der Waals surface area contributed by atoms with Gasteiger partial charge in [0.2, 0.25) is 0 Å². The average molecular weight is 330 g/mol. The highest BCUT2D eigenvalue weighted by Crippen LogP contribution is 2.40. The van der Waals surface area contributed by atoms with Crippen LogP contribution in [-0.4, -0.2) is 54.2 Å². The van der Waals surface area contributed by atoms with Gasteiger partial charge in [0, 0.05) is 37.0 Å². The molecule has 3 heterocycles. The first-order valence-corrected chi connectivity index (χ1v) is 10.3. The molecule has 0 N–H and O–H groups in total. The molecule has 0 bridgehead atoms. The third kappa shape index (κ3) is 2.91. The Morgan fingerprint density at radius 1 is 1.17 bits per heavy atom. The third-order valence-electron chi connectivity index (χ3n) is 5.92. The second kappa shape index (κ2) is 6.48. The average Bonchev–Trinajstić information content (AvgIpc) is 3.13. The summed E-state index contributed by atoms with van der Waals surface area (Å²) >= 11 is 1.82. The minimum absolute atomic E-state index is 0.234. The lowest BCUT2D eigenvalue weighted by Crippen LogP contribution is -2.40. The Morgan fingerprint density at radius 3 is 2.78 bits per heavy atom. The summed E-state index contributed by atoms with van der Waals surface area (Å²) in [5.41, 5.74) is 2.15. The summed E-state index contributed by atoms with van der Waals surface area (Å²) in [7, 11) is 0.